The van der Waals surface area contributed by atoms with E-state index in [0.29, 0.717) is 15.8 Å². The van der Waals surface area contributed by atoms with Gasteiger partial charge in [0.05, 0.1) is 0 Å². The van der Waals surface area contributed by atoms with Crippen molar-refractivity contribution in [2.75, 3.05) is 13.2 Å². The fourth-order valence-electron chi connectivity index (χ4n) is 1.77. The van der Waals surface area contributed by atoms with Crippen molar-refractivity contribution in [2.45, 2.75) is 6.54 Å². The summed E-state index contributed by atoms with van der Waals surface area (Å²) in [5, 5.41) is 3.68. The normalized spacial score (nSPS) is 10.1. The largest absolute Gasteiger partial charge is 0.482 e. The highest BCUT2D eigenvalue weighted by molar-refractivity contribution is 6.31. The zero-order valence-electron chi connectivity index (χ0n) is 12.6. The predicted octanol–water partition coefficient (Wildman–Crippen LogP) is 3.23. The molecule has 0 aliphatic carbocycles. The molecule has 2 aromatic rings. The van der Waals surface area contributed by atoms with Gasteiger partial charge >= 0.3 is 5.97 Å². The first-order chi connectivity index (χ1) is 11.5. The summed E-state index contributed by atoms with van der Waals surface area (Å²) in [7, 11) is 0. The lowest BCUT2D eigenvalue weighted by molar-refractivity contribution is -0.150. The molecule has 5 nitrogen and oxygen atoms in total. The molecule has 0 unspecified atom stereocenters. The summed E-state index contributed by atoms with van der Waals surface area (Å²) in [4.78, 5) is 23.2. The quantitative estimate of drug-likeness (QED) is 0.763. The second-order valence-corrected chi connectivity index (χ2v) is 5.62. The summed E-state index contributed by atoms with van der Waals surface area (Å²) >= 11 is 11.8. The van der Waals surface area contributed by atoms with Crippen LogP contribution in [0.2, 0.25) is 10.0 Å². The van der Waals surface area contributed by atoms with Gasteiger partial charge in [-0.25, -0.2) is 4.79 Å². The Morgan fingerprint density at radius 2 is 1.79 bits per heavy atom. The van der Waals surface area contributed by atoms with E-state index in [1.54, 1.807) is 42.5 Å². The molecule has 0 aliphatic rings. The highest BCUT2D eigenvalue weighted by Crippen LogP contribution is 2.17. The maximum absolute atomic E-state index is 11.7. The van der Waals surface area contributed by atoms with Crippen molar-refractivity contribution in [1.82, 2.24) is 5.32 Å². The van der Waals surface area contributed by atoms with Gasteiger partial charge in [0, 0.05) is 16.6 Å². The van der Waals surface area contributed by atoms with E-state index in [2.05, 4.69) is 5.32 Å². The lowest BCUT2D eigenvalue weighted by Crippen LogP contribution is -2.29. The van der Waals surface area contributed by atoms with Gasteiger partial charge in [-0.2, -0.15) is 0 Å². The van der Waals surface area contributed by atoms with Gasteiger partial charge < -0.3 is 14.8 Å². The summed E-state index contributed by atoms with van der Waals surface area (Å²) in [6.45, 7) is -0.435. The molecule has 1 amide bonds. The molecule has 2 rings (SSSR count). The Morgan fingerprint density at radius 1 is 1.00 bits per heavy atom. The molecule has 2 aromatic carbocycles. The maximum Gasteiger partial charge on any atom is 0.344 e. The van der Waals surface area contributed by atoms with Crippen molar-refractivity contribution in [2.24, 2.45) is 0 Å². The second kappa shape index (κ2) is 9.15. The summed E-state index contributed by atoms with van der Waals surface area (Å²) < 4.78 is 10.1. The Bertz CT molecular complexity index is 721. The number of rotatable bonds is 7. The molecule has 1 N–H and O–H groups in total. The van der Waals surface area contributed by atoms with Gasteiger partial charge in [0.1, 0.15) is 5.75 Å². The van der Waals surface area contributed by atoms with E-state index < -0.39 is 11.9 Å². The van der Waals surface area contributed by atoms with E-state index in [1.165, 1.54) is 0 Å². The van der Waals surface area contributed by atoms with Gasteiger partial charge in [-0.1, -0.05) is 47.5 Å². The first-order valence-corrected chi connectivity index (χ1v) is 7.84. The number of hydrogen-bond acceptors (Lipinski definition) is 4. The number of benzene rings is 2. The van der Waals surface area contributed by atoms with Gasteiger partial charge in [-0.15, -0.1) is 0 Å². The molecule has 0 bridgehead atoms. The molecule has 0 radical (unpaired) electrons. The van der Waals surface area contributed by atoms with E-state index in [4.69, 9.17) is 32.7 Å². The zero-order valence-corrected chi connectivity index (χ0v) is 14.1. The number of esters is 1. The Balaban J connectivity index is 1.68. The second-order valence-electron chi connectivity index (χ2n) is 4.77. The number of carbonyl (C=O) groups is 2. The average Bonchev–Trinajstić information content (AvgIpc) is 2.57. The van der Waals surface area contributed by atoms with Crippen LogP contribution in [0.5, 0.6) is 5.75 Å². The van der Waals surface area contributed by atoms with Crippen LogP contribution in [0.3, 0.4) is 0 Å². The average molecular weight is 368 g/mol. The maximum atomic E-state index is 11.7. The lowest BCUT2D eigenvalue weighted by atomic mass is 10.2. The van der Waals surface area contributed by atoms with Crippen LogP contribution >= 0.6 is 23.2 Å². The molecule has 0 saturated heterocycles. The Kier molecular flexibility index (Phi) is 6.90. The van der Waals surface area contributed by atoms with Crippen LogP contribution in [-0.4, -0.2) is 25.1 Å². The van der Waals surface area contributed by atoms with Crippen LogP contribution in [0.25, 0.3) is 0 Å². The molecule has 0 spiro atoms. The van der Waals surface area contributed by atoms with Crippen molar-refractivity contribution in [3.8, 4) is 5.75 Å². The van der Waals surface area contributed by atoms with E-state index in [0.717, 1.165) is 5.56 Å². The number of hydrogen-bond donors (Lipinski definition) is 1. The summed E-state index contributed by atoms with van der Waals surface area (Å²) in [6.07, 6.45) is 0. The number of carbonyl (C=O) groups excluding carboxylic acids is 2. The van der Waals surface area contributed by atoms with Gasteiger partial charge in [0.15, 0.2) is 13.2 Å². The van der Waals surface area contributed by atoms with Gasteiger partial charge in [-0.05, 0) is 29.8 Å². The van der Waals surface area contributed by atoms with Crippen molar-refractivity contribution >= 4 is 35.1 Å². The summed E-state index contributed by atoms with van der Waals surface area (Å²) in [5.74, 6) is -0.628. The minimum absolute atomic E-state index is 0.259. The minimum Gasteiger partial charge on any atom is -0.482 e. The Labute approximate surface area is 149 Å². The third-order valence-corrected chi connectivity index (χ3v) is 3.55. The summed E-state index contributed by atoms with van der Waals surface area (Å²) in [5.41, 5.74) is 0.781. The molecule has 126 valence electrons. The van der Waals surface area contributed by atoms with Crippen LogP contribution in [0.4, 0.5) is 0 Å². The van der Waals surface area contributed by atoms with Crippen molar-refractivity contribution in [3.05, 3.63) is 64.1 Å². The van der Waals surface area contributed by atoms with Crippen LogP contribution in [-0.2, 0) is 20.9 Å². The third-order valence-electron chi connectivity index (χ3n) is 2.95. The monoisotopic (exact) mass is 367 g/mol. The lowest BCUT2D eigenvalue weighted by Gasteiger charge is -2.09. The van der Waals surface area contributed by atoms with Crippen LogP contribution in [0.15, 0.2) is 48.5 Å². The third kappa shape index (κ3) is 6.10. The van der Waals surface area contributed by atoms with Crippen LogP contribution in [0.1, 0.15) is 5.56 Å². The van der Waals surface area contributed by atoms with Crippen LogP contribution in [0, 0.1) is 0 Å². The number of halogens is 2. The molecular weight excluding hydrogens is 353 g/mol. The first kappa shape index (κ1) is 18.1. The van der Waals surface area contributed by atoms with Gasteiger partial charge in [0.2, 0.25) is 0 Å². The Morgan fingerprint density at radius 3 is 2.54 bits per heavy atom. The SMILES string of the molecule is O=C(COC(=O)COc1cccc(Cl)c1)NCc1ccccc1Cl. The molecule has 0 aromatic heterocycles. The zero-order chi connectivity index (χ0) is 17.4. The first-order valence-electron chi connectivity index (χ1n) is 7.08. The molecule has 24 heavy (non-hydrogen) atoms. The number of ether oxygens (including phenoxy) is 2. The number of nitrogens with one attached hydrogen (secondary N) is 1. The summed E-state index contributed by atoms with van der Waals surface area (Å²) in [6, 6.07) is 13.8. The molecule has 0 atom stereocenters. The van der Waals surface area contributed by atoms with Gasteiger partial charge in [-0.3, -0.25) is 4.79 Å². The molecular formula is C17H15Cl2NO4. The molecule has 0 saturated carbocycles. The van der Waals surface area contributed by atoms with Crippen LogP contribution < -0.4 is 10.1 Å². The molecule has 7 heteroatoms. The standard InChI is InChI=1S/C17H15Cl2NO4/c18-13-5-3-6-14(8-13)23-11-17(22)24-10-16(21)20-9-12-4-1-2-7-15(12)19/h1-8H,9-11H2,(H,20,21). The minimum atomic E-state index is -0.650. The van der Waals surface area contributed by atoms with E-state index >= 15 is 0 Å². The van der Waals surface area contributed by atoms with E-state index in [9.17, 15) is 9.59 Å². The van der Waals surface area contributed by atoms with Gasteiger partial charge in [0.25, 0.3) is 5.91 Å². The number of amides is 1. The Hall–Kier alpha value is -2.24. The molecule has 0 aliphatic heterocycles. The topological polar surface area (TPSA) is 64.6 Å². The van der Waals surface area contributed by atoms with Crippen molar-refractivity contribution < 1.29 is 19.1 Å². The predicted molar refractivity (Wildman–Crippen MR) is 91.2 cm³/mol. The fourth-order valence-corrected chi connectivity index (χ4v) is 2.16. The highest BCUT2D eigenvalue weighted by Gasteiger charge is 2.09. The smallest absolute Gasteiger partial charge is 0.344 e. The van der Waals surface area contributed by atoms with E-state index in [-0.39, 0.29) is 19.8 Å². The van der Waals surface area contributed by atoms with E-state index in [1.807, 2.05) is 6.07 Å². The van der Waals surface area contributed by atoms with Crippen molar-refractivity contribution in [1.29, 1.82) is 0 Å². The molecule has 0 heterocycles. The highest BCUT2D eigenvalue weighted by atomic mass is 35.5. The fraction of sp³-hybridized carbons (Fsp3) is 0.176. The van der Waals surface area contributed by atoms with Crippen molar-refractivity contribution in [3.63, 3.8) is 0 Å². The molecule has 0 fully saturated rings.